The molecule has 4 heteroatoms. The Morgan fingerprint density at radius 3 is 2.40 bits per heavy atom. The fraction of sp³-hybridized carbons (Fsp3) is 0.694. The number of ketones is 1. The minimum atomic E-state index is -0.607. The van der Waals surface area contributed by atoms with Crippen LogP contribution in [0.2, 0.25) is 0 Å². The first-order valence-electron chi connectivity index (χ1n) is 15.7. The molecule has 7 atom stereocenters. The second-order valence-corrected chi connectivity index (χ2v) is 16.4. The molecule has 1 aromatic rings. The topological polar surface area (TPSA) is 67.3 Å². The zero-order valence-corrected chi connectivity index (χ0v) is 25.8. The molecule has 0 aromatic carbocycles. The van der Waals surface area contributed by atoms with Gasteiger partial charge >= 0.3 is 5.97 Å². The minimum absolute atomic E-state index is 0.00331. The van der Waals surface area contributed by atoms with E-state index in [0.717, 1.165) is 68.9 Å². The molecule has 0 bridgehead atoms. The van der Waals surface area contributed by atoms with Gasteiger partial charge in [0.25, 0.3) is 0 Å². The second kappa shape index (κ2) is 8.65. The number of fused-ring (bicyclic) bond motifs is 7. The van der Waals surface area contributed by atoms with E-state index in [4.69, 9.17) is 0 Å². The first kappa shape index (κ1) is 27.9. The highest BCUT2D eigenvalue weighted by Gasteiger charge is 2.69. The highest BCUT2D eigenvalue weighted by atomic mass is 16.4. The van der Waals surface area contributed by atoms with Crippen LogP contribution in [0.1, 0.15) is 112 Å². The van der Waals surface area contributed by atoms with Gasteiger partial charge in [-0.05, 0) is 120 Å². The summed E-state index contributed by atoms with van der Waals surface area (Å²) in [5, 5.41) is 10.6. The van der Waals surface area contributed by atoms with Crippen molar-refractivity contribution in [2.45, 2.75) is 106 Å². The van der Waals surface area contributed by atoms with Gasteiger partial charge in [0, 0.05) is 17.8 Å². The summed E-state index contributed by atoms with van der Waals surface area (Å²) >= 11 is 0. The maximum atomic E-state index is 13.9. The number of aliphatic carboxylic acids is 1. The van der Waals surface area contributed by atoms with E-state index in [2.05, 4.69) is 65.6 Å². The molecule has 4 saturated carbocycles. The molecule has 0 unspecified atom stereocenters. The number of rotatable bonds is 2. The van der Waals surface area contributed by atoms with E-state index in [0.29, 0.717) is 17.6 Å². The molecule has 6 rings (SSSR count). The van der Waals surface area contributed by atoms with Crippen molar-refractivity contribution < 1.29 is 14.7 Å². The van der Waals surface area contributed by atoms with Gasteiger partial charge in [0.15, 0.2) is 5.78 Å². The summed E-state index contributed by atoms with van der Waals surface area (Å²) in [6.45, 7) is 16.6. The number of carbonyl (C=O) groups excluding carboxylic acids is 1. The SMILES string of the molecule is CC1(C)CC[C@]2(C(=O)O)CC[C@]3(C)C(=CC[C@@H]4[C@@]5(C)C/C(=C\c6cccnc6)C(=O)C(C)(C)[C@@H]5CC[C@]43C)[C@@H]2C1. The number of hydrogen-bond acceptors (Lipinski definition) is 3. The number of Topliss-reactive ketones (excluding diaryl/α,β-unsaturated/α-hetero) is 1. The molecule has 1 aromatic heterocycles. The second-order valence-electron chi connectivity index (χ2n) is 16.4. The van der Waals surface area contributed by atoms with Gasteiger partial charge in [-0.3, -0.25) is 14.6 Å². The van der Waals surface area contributed by atoms with E-state index in [9.17, 15) is 14.7 Å². The summed E-state index contributed by atoms with van der Waals surface area (Å²) in [6, 6.07) is 3.98. The lowest BCUT2D eigenvalue weighted by atomic mass is 9.33. The van der Waals surface area contributed by atoms with Gasteiger partial charge in [-0.25, -0.2) is 0 Å². The third-order valence-corrected chi connectivity index (χ3v) is 13.7. The first-order valence-corrected chi connectivity index (χ1v) is 15.7. The summed E-state index contributed by atoms with van der Waals surface area (Å²) in [5.74, 6) is 0.642. The molecule has 5 aliphatic rings. The highest BCUT2D eigenvalue weighted by Crippen LogP contribution is 2.75. The van der Waals surface area contributed by atoms with E-state index in [1.165, 1.54) is 5.57 Å². The normalized spacial score (nSPS) is 44.5. The molecular weight excluding hydrogens is 494 g/mol. The number of carboxylic acid groups (broad SMARTS) is 1. The number of carbonyl (C=O) groups is 2. The Morgan fingerprint density at radius 1 is 1.00 bits per heavy atom. The molecule has 216 valence electrons. The van der Waals surface area contributed by atoms with Crippen LogP contribution < -0.4 is 0 Å². The maximum Gasteiger partial charge on any atom is 0.310 e. The number of hydrogen-bond donors (Lipinski definition) is 1. The summed E-state index contributed by atoms with van der Waals surface area (Å²) in [6.07, 6.45) is 16.7. The number of nitrogens with zero attached hydrogens (tertiary/aromatic N) is 1. The van der Waals surface area contributed by atoms with Gasteiger partial charge < -0.3 is 5.11 Å². The Labute approximate surface area is 241 Å². The van der Waals surface area contributed by atoms with Gasteiger partial charge in [0.1, 0.15) is 0 Å². The molecule has 0 aliphatic heterocycles. The largest absolute Gasteiger partial charge is 0.481 e. The van der Waals surface area contributed by atoms with Gasteiger partial charge in [-0.15, -0.1) is 0 Å². The molecule has 1 N–H and O–H groups in total. The third-order valence-electron chi connectivity index (χ3n) is 13.7. The Kier molecular flexibility index (Phi) is 6.03. The van der Waals surface area contributed by atoms with E-state index in [1.54, 1.807) is 6.20 Å². The number of aromatic nitrogens is 1. The Hall–Kier alpha value is -2.23. The lowest BCUT2D eigenvalue weighted by Gasteiger charge is -2.70. The summed E-state index contributed by atoms with van der Waals surface area (Å²) in [7, 11) is 0. The van der Waals surface area contributed by atoms with Crippen molar-refractivity contribution in [2.24, 2.45) is 50.2 Å². The lowest BCUT2D eigenvalue weighted by molar-refractivity contribution is -0.184. The Bertz CT molecular complexity index is 1310. The third kappa shape index (κ3) is 3.59. The lowest BCUT2D eigenvalue weighted by Crippen LogP contribution is -2.65. The van der Waals surface area contributed by atoms with Gasteiger partial charge in [-0.1, -0.05) is 66.2 Å². The molecule has 1 heterocycles. The maximum absolute atomic E-state index is 13.9. The Balaban J connectivity index is 1.45. The zero-order chi connectivity index (χ0) is 28.9. The van der Waals surface area contributed by atoms with Gasteiger partial charge in [0.05, 0.1) is 5.41 Å². The highest BCUT2D eigenvalue weighted by molar-refractivity contribution is 6.04. The zero-order valence-electron chi connectivity index (χ0n) is 25.8. The molecule has 0 spiro atoms. The molecular formula is C36H49NO3. The predicted molar refractivity (Wildman–Crippen MR) is 159 cm³/mol. The van der Waals surface area contributed by atoms with Crippen LogP contribution in [0.4, 0.5) is 0 Å². The molecule has 4 fully saturated rings. The number of allylic oxidation sites excluding steroid dienone is 3. The summed E-state index contributed by atoms with van der Waals surface area (Å²) in [5.41, 5.74) is 2.62. The summed E-state index contributed by atoms with van der Waals surface area (Å²) < 4.78 is 0. The first-order chi connectivity index (χ1) is 18.6. The summed E-state index contributed by atoms with van der Waals surface area (Å²) in [4.78, 5) is 31.2. The van der Waals surface area contributed by atoms with Crippen molar-refractivity contribution >= 4 is 17.8 Å². The van der Waals surface area contributed by atoms with Crippen LogP contribution in [0, 0.1) is 50.2 Å². The van der Waals surface area contributed by atoms with Crippen molar-refractivity contribution in [2.75, 3.05) is 0 Å². The van der Waals surface area contributed by atoms with Crippen molar-refractivity contribution in [1.82, 2.24) is 4.98 Å². The van der Waals surface area contributed by atoms with E-state index in [-0.39, 0.29) is 27.6 Å². The van der Waals surface area contributed by atoms with E-state index < -0.39 is 16.8 Å². The van der Waals surface area contributed by atoms with E-state index in [1.807, 2.05) is 18.3 Å². The van der Waals surface area contributed by atoms with Gasteiger partial charge in [-0.2, -0.15) is 0 Å². The van der Waals surface area contributed by atoms with E-state index >= 15 is 0 Å². The van der Waals surface area contributed by atoms with Crippen molar-refractivity contribution in [3.63, 3.8) is 0 Å². The van der Waals surface area contributed by atoms with Gasteiger partial charge in [0.2, 0.25) is 0 Å². The van der Waals surface area contributed by atoms with Crippen molar-refractivity contribution in [3.8, 4) is 0 Å². The van der Waals surface area contributed by atoms with Crippen LogP contribution in [0.5, 0.6) is 0 Å². The van der Waals surface area contributed by atoms with Crippen molar-refractivity contribution in [1.29, 1.82) is 0 Å². The molecule has 40 heavy (non-hydrogen) atoms. The van der Waals surface area contributed by atoms with Crippen LogP contribution in [-0.2, 0) is 9.59 Å². The Morgan fingerprint density at radius 2 is 1.73 bits per heavy atom. The van der Waals surface area contributed by atoms with Crippen LogP contribution >= 0.6 is 0 Å². The number of carboxylic acids is 1. The van der Waals surface area contributed by atoms with Crippen LogP contribution in [-0.4, -0.2) is 21.8 Å². The molecule has 0 amide bonds. The monoisotopic (exact) mass is 543 g/mol. The molecule has 4 nitrogen and oxygen atoms in total. The smallest absolute Gasteiger partial charge is 0.310 e. The fourth-order valence-corrected chi connectivity index (χ4v) is 11.3. The average Bonchev–Trinajstić information content (AvgIpc) is 2.87. The standard InChI is InChI=1S/C36H49NO3/c1-31(2)14-16-36(30(39)40)17-15-34(6)25(26(36)21-31)10-11-28-33(5)20-24(19-23-9-8-18-37-22-23)29(38)32(3,4)27(33)12-13-35(28,34)7/h8-10,18-19,22,26-28H,11-17,20-21H2,1-7H3,(H,39,40)/b24-19+/t26-,27-,28+,33-,34+,35+,36-/m0/s1. The average molecular weight is 544 g/mol. The minimum Gasteiger partial charge on any atom is -0.481 e. The number of pyridine rings is 1. The van der Waals surface area contributed by atoms with Crippen molar-refractivity contribution in [3.05, 3.63) is 47.3 Å². The molecule has 5 aliphatic carbocycles. The quantitative estimate of drug-likeness (QED) is 0.300. The van der Waals surface area contributed by atoms with Crippen LogP contribution in [0.25, 0.3) is 6.08 Å². The molecule has 0 saturated heterocycles. The predicted octanol–water partition coefficient (Wildman–Crippen LogP) is 8.53. The van der Waals surface area contributed by atoms with Crippen LogP contribution in [0.15, 0.2) is 41.7 Å². The fourth-order valence-electron chi connectivity index (χ4n) is 11.3. The molecule has 0 radical (unpaired) electrons. The van der Waals surface area contributed by atoms with Crippen LogP contribution in [0.3, 0.4) is 0 Å².